The summed E-state index contributed by atoms with van der Waals surface area (Å²) in [5.74, 6) is -1.13. The normalized spacial score (nSPS) is 10.4. The van der Waals surface area contributed by atoms with Crippen LogP contribution in [0.4, 0.5) is 0 Å². The first-order valence-corrected chi connectivity index (χ1v) is 6.03. The molecule has 0 fully saturated rings. The van der Waals surface area contributed by atoms with Gasteiger partial charge in [-0.05, 0) is 33.3 Å². The van der Waals surface area contributed by atoms with E-state index in [2.05, 4.69) is 0 Å². The summed E-state index contributed by atoms with van der Waals surface area (Å²) in [5, 5.41) is 9.00. The minimum Gasteiger partial charge on any atom is -0.478 e. The lowest BCUT2D eigenvalue weighted by Gasteiger charge is -2.09. The number of esters is 1. The largest absolute Gasteiger partial charge is 0.478 e. The van der Waals surface area contributed by atoms with Gasteiger partial charge in [-0.3, -0.25) is 4.79 Å². The van der Waals surface area contributed by atoms with Crippen LogP contribution < -0.4 is 0 Å². The van der Waals surface area contributed by atoms with Crippen LogP contribution in [-0.4, -0.2) is 28.2 Å². The summed E-state index contributed by atoms with van der Waals surface area (Å²) in [6.07, 6.45) is 1.00. The van der Waals surface area contributed by atoms with E-state index in [0.29, 0.717) is 31.6 Å². The molecule has 0 spiro atoms. The highest BCUT2D eigenvalue weighted by Crippen LogP contribution is 2.16. The lowest BCUT2D eigenvalue weighted by Crippen LogP contribution is -2.08. The van der Waals surface area contributed by atoms with Crippen LogP contribution in [0.2, 0.25) is 0 Å². The van der Waals surface area contributed by atoms with Crippen molar-refractivity contribution >= 4 is 11.9 Å². The number of carboxylic acid groups (broad SMARTS) is 1. The number of aryl methyl sites for hydroxylation is 1. The molecule has 5 heteroatoms. The van der Waals surface area contributed by atoms with Crippen LogP contribution in [0.3, 0.4) is 0 Å². The van der Waals surface area contributed by atoms with Crippen molar-refractivity contribution in [2.75, 3.05) is 6.61 Å². The van der Waals surface area contributed by atoms with Crippen molar-refractivity contribution in [3.63, 3.8) is 0 Å². The van der Waals surface area contributed by atoms with E-state index in [-0.39, 0.29) is 5.97 Å². The fourth-order valence-electron chi connectivity index (χ4n) is 1.98. The third-order valence-electron chi connectivity index (χ3n) is 2.87. The lowest BCUT2D eigenvalue weighted by molar-refractivity contribution is -0.143. The Morgan fingerprint density at radius 2 is 2.06 bits per heavy atom. The predicted octanol–water partition coefficient (Wildman–Crippen LogP) is 2.15. The second kappa shape index (κ2) is 6.23. The van der Waals surface area contributed by atoms with Gasteiger partial charge in [-0.25, -0.2) is 4.79 Å². The van der Waals surface area contributed by atoms with E-state index >= 15 is 0 Å². The maximum absolute atomic E-state index is 11.2. The van der Waals surface area contributed by atoms with Gasteiger partial charge in [0.25, 0.3) is 0 Å². The Balaban J connectivity index is 2.63. The lowest BCUT2D eigenvalue weighted by atomic mass is 10.2. The molecule has 0 aliphatic heterocycles. The smallest absolute Gasteiger partial charge is 0.337 e. The summed E-state index contributed by atoms with van der Waals surface area (Å²) in [5.41, 5.74) is 1.95. The zero-order chi connectivity index (χ0) is 13.7. The Hall–Kier alpha value is -1.78. The molecule has 5 nitrogen and oxygen atoms in total. The number of carbonyl (C=O) groups excluding carboxylic acids is 1. The fourth-order valence-corrected chi connectivity index (χ4v) is 1.98. The molecule has 1 aromatic heterocycles. The minimum absolute atomic E-state index is 0.210. The first-order valence-electron chi connectivity index (χ1n) is 6.03. The van der Waals surface area contributed by atoms with Crippen molar-refractivity contribution in [1.82, 2.24) is 4.57 Å². The molecule has 18 heavy (non-hydrogen) atoms. The predicted molar refractivity (Wildman–Crippen MR) is 66.7 cm³/mol. The van der Waals surface area contributed by atoms with Gasteiger partial charge in [0.15, 0.2) is 0 Å². The van der Waals surface area contributed by atoms with Crippen LogP contribution in [-0.2, 0) is 16.1 Å². The molecular formula is C13H19NO4. The van der Waals surface area contributed by atoms with Crippen molar-refractivity contribution in [2.45, 2.75) is 40.2 Å². The maximum Gasteiger partial charge on any atom is 0.337 e. The molecule has 100 valence electrons. The zero-order valence-corrected chi connectivity index (χ0v) is 11.0. The molecule has 0 aliphatic carbocycles. The van der Waals surface area contributed by atoms with Gasteiger partial charge in [0.1, 0.15) is 0 Å². The molecule has 0 aliphatic rings. The van der Waals surface area contributed by atoms with Gasteiger partial charge >= 0.3 is 11.9 Å². The van der Waals surface area contributed by atoms with Crippen LogP contribution in [0.25, 0.3) is 0 Å². The van der Waals surface area contributed by atoms with Crippen LogP contribution in [0.1, 0.15) is 41.5 Å². The molecular weight excluding hydrogens is 234 g/mol. The number of rotatable bonds is 6. The summed E-state index contributed by atoms with van der Waals surface area (Å²) in [6.45, 7) is 6.44. The monoisotopic (exact) mass is 253 g/mol. The summed E-state index contributed by atoms with van der Waals surface area (Å²) in [4.78, 5) is 22.2. The maximum atomic E-state index is 11.2. The molecule has 1 aromatic rings. The quantitative estimate of drug-likeness (QED) is 0.789. The van der Waals surface area contributed by atoms with Gasteiger partial charge in [0.2, 0.25) is 0 Å². The first-order chi connectivity index (χ1) is 8.47. The van der Waals surface area contributed by atoms with Crippen LogP contribution in [0.5, 0.6) is 0 Å². The van der Waals surface area contributed by atoms with Gasteiger partial charge in [-0.1, -0.05) is 0 Å². The van der Waals surface area contributed by atoms with E-state index in [1.165, 1.54) is 0 Å². The third-order valence-corrected chi connectivity index (χ3v) is 2.87. The van der Waals surface area contributed by atoms with E-state index in [1.54, 1.807) is 19.9 Å². The number of carbonyl (C=O) groups is 2. The van der Waals surface area contributed by atoms with E-state index in [4.69, 9.17) is 9.84 Å². The van der Waals surface area contributed by atoms with E-state index < -0.39 is 5.97 Å². The van der Waals surface area contributed by atoms with Gasteiger partial charge in [0.05, 0.1) is 12.2 Å². The molecule has 0 saturated carbocycles. The van der Waals surface area contributed by atoms with Gasteiger partial charge < -0.3 is 14.4 Å². The summed E-state index contributed by atoms with van der Waals surface area (Å²) in [6, 6.07) is 1.65. The van der Waals surface area contributed by atoms with Gasteiger partial charge in [-0.15, -0.1) is 0 Å². The second-order valence-corrected chi connectivity index (χ2v) is 4.15. The first kappa shape index (κ1) is 14.3. The van der Waals surface area contributed by atoms with Crippen molar-refractivity contribution in [2.24, 2.45) is 0 Å². The van der Waals surface area contributed by atoms with Crippen LogP contribution >= 0.6 is 0 Å². The minimum atomic E-state index is -0.917. The molecule has 1 heterocycles. The fraction of sp³-hybridized carbons (Fsp3) is 0.538. The number of hydrogen-bond donors (Lipinski definition) is 1. The number of carboxylic acids is 1. The molecule has 0 radical (unpaired) electrons. The second-order valence-electron chi connectivity index (χ2n) is 4.15. The Kier molecular flexibility index (Phi) is 4.95. The summed E-state index contributed by atoms with van der Waals surface area (Å²) in [7, 11) is 0. The average molecular weight is 253 g/mol. The van der Waals surface area contributed by atoms with E-state index in [9.17, 15) is 9.59 Å². The molecule has 0 bridgehead atoms. The van der Waals surface area contributed by atoms with E-state index in [1.807, 2.05) is 11.5 Å². The Labute approximate surface area is 106 Å². The van der Waals surface area contributed by atoms with Crippen molar-refractivity contribution in [3.8, 4) is 0 Å². The third kappa shape index (κ3) is 3.35. The Morgan fingerprint density at radius 1 is 1.39 bits per heavy atom. The molecule has 0 unspecified atom stereocenters. The van der Waals surface area contributed by atoms with Gasteiger partial charge in [0, 0.05) is 24.4 Å². The number of nitrogens with zero attached hydrogens (tertiary/aromatic N) is 1. The standard InChI is InChI=1S/C13H19NO4/c1-4-18-12(15)6-5-7-14-9(2)8-11(10(14)3)13(16)17/h8H,4-7H2,1-3H3,(H,16,17). The van der Waals surface area contributed by atoms with Crippen molar-refractivity contribution < 1.29 is 19.4 Å². The highest BCUT2D eigenvalue weighted by Gasteiger charge is 2.14. The number of aromatic nitrogens is 1. The van der Waals surface area contributed by atoms with Gasteiger partial charge in [-0.2, -0.15) is 0 Å². The van der Waals surface area contributed by atoms with Crippen molar-refractivity contribution in [1.29, 1.82) is 0 Å². The SMILES string of the molecule is CCOC(=O)CCCn1c(C)cc(C(=O)O)c1C. The molecule has 1 rings (SSSR count). The number of ether oxygens (including phenoxy) is 1. The van der Waals surface area contributed by atoms with Crippen LogP contribution in [0, 0.1) is 13.8 Å². The summed E-state index contributed by atoms with van der Waals surface area (Å²) >= 11 is 0. The van der Waals surface area contributed by atoms with Crippen molar-refractivity contribution in [3.05, 3.63) is 23.0 Å². The zero-order valence-electron chi connectivity index (χ0n) is 11.0. The Morgan fingerprint density at radius 3 is 2.56 bits per heavy atom. The molecule has 0 atom stereocenters. The molecule has 0 saturated heterocycles. The summed E-state index contributed by atoms with van der Waals surface area (Å²) < 4.78 is 6.76. The molecule has 1 N–H and O–H groups in total. The highest BCUT2D eigenvalue weighted by molar-refractivity contribution is 5.89. The topological polar surface area (TPSA) is 68.5 Å². The van der Waals surface area contributed by atoms with Crippen LogP contribution in [0.15, 0.2) is 6.07 Å². The number of hydrogen-bond acceptors (Lipinski definition) is 3. The average Bonchev–Trinajstić information content (AvgIpc) is 2.57. The Bertz CT molecular complexity index is 448. The highest BCUT2D eigenvalue weighted by atomic mass is 16.5. The molecule has 0 amide bonds. The molecule has 0 aromatic carbocycles. The van der Waals surface area contributed by atoms with E-state index in [0.717, 1.165) is 11.4 Å². The number of aromatic carboxylic acids is 1.